The quantitative estimate of drug-likeness (QED) is 0.462. The molecule has 10 heteroatoms. The van der Waals surface area contributed by atoms with Crippen molar-refractivity contribution in [2.24, 2.45) is 0 Å². The molecule has 1 amide bonds. The van der Waals surface area contributed by atoms with Crippen LogP contribution >= 0.6 is 22.9 Å². The van der Waals surface area contributed by atoms with Crippen LogP contribution in [-0.2, 0) is 14.8 Å². The van der Waals surface area contributed by atoms with Gasteiger partial charge in [-0.15, -0.1) is 11.3 Å². The van der Waals surface area contributed by atoms with Crippen LogP contribution in [0.3, 0.4) is 0 Å². The standard InChI is InChI=1S/C21H17ClN4O3S2/c22-15-1-6-18-14(13-15)7-10-26(18)19-8-11-25(20(19)27)16-2-4-17(5-3-16)31(28,29)24-21-23-9-12-30-21/h1-7,9-10,12-13,19H,8,11H2,(H,23,24)/t19-/m0/s1. The lowest BCUT2D eigenvalue weighted by Gasteiger charge is -2.18. The second-order valence-electron chi connectivity index (χ2n) is 7.16. The number of sulfonamides is 1. The zero-order valence-corrected chi connectivity index (χ0v) is 18.5. The number of halogens is 1. The van der Waals surface area contributed by atoms with Crippen molar-refractivity contribution in [2.75, 3.05) is 16.2 Å². The monoisotopic (exact) mass is 472 g/mol. The number of thiazole rings is 1. The van der Waals surface area contributed by atoms with Crippen LogP contribution in [0.5, 0.6) is 0 Å². The maximum atomic E-state index is 13.1. The Bertz CT molecular complexity index is 1370. The number of hydrogen-bond donors (Lipinski definition) is 1. The fourth-order valence-corrected chi connectivity index (χ4v) is 5.81. The summed E-state index contributed by atoms with van der Waals surface area (Å²) in [5.41, 5.74) is 1.62. The van der Waals surface area contributed by atoms with Gasteiger partial charge in [0.25, 0.3) is 10.0 Å². The number of aromatic nitrogens is 2. The average Bonchev–Trinajstić information content (AvgIpc) is 3.48. The lowest BCUT2D eigenvalue weighted by molar-refractivity contribution is -0.119. The van der Waals surface area contributed by atoms with Crippen LogP contribution in [0.1, 0.15) is 12.5 Å². The maximum Gasteiger partial charge on any atom is 0.263 e. The largest absolute Gasteiger partial charge is 0.335 e. The minimum absolute atomic E-state index is 0.0241. The molecule has 0 radical (unpaired) electrons. The molecule has 7 nitrogen and oxygen atoms in total. The Morgan fingerprint density at radius 3 is 2.68 bits per heavy atom. The lowest BCUT2D eigenvalue weighted by Crippen LogP contribution is -2.28. The lowest BCUT2D eigenvalue weighted by atomic mass is 10.2. The van der Waals surface area contributed by atoms with E-state index in [2.05, 4.69) is 9.71 Å². The number of benzene rings is 2. The van der Waals surface area contributed by atoms with Gasteiger partial charge in [-0.25, -0.2) is 13.4 Å². The van der Waals surface area contributed by atoms with E-state index in [9.17, 15) is 13.2 Å². The third-order valence-electron chi connectivity index (χ3n) is 5.31. The van der Waals surface area contributed by atoms with Gasteiger partial charge in [0.1, 0.15) is 6.04 Å². The summed E-state index contributed by atoms with van der Waals surface area (Å²) in [6.45, 7) is 0.556. The van der Waals surface area contributed by atoms with E-state index in [-0.39, 0.29) is 16.8 Å². The average molecular weight is 473 g/mol. The molecule has 1 aliphatic rings. The zero-order valence-electron chi connectivity index (χ0n) is 16.1. The van der Waals surface area contributed by atoms with Gasteiger partial charge in [-0.3, -0.25) is 9.52 Å². The van der Waals surface area contributed by atoms with E-state index in [0.29, 0.717) is 28.8 Å². The number of amides is 1. The summed E-state index contributed by atoms with van der Waals surface area (Å²) in [7, 11) is -3.73. The normalized spacial score (nSPS) is 16.9. The van der Waals surface area contributed by atoms with Crippen LogP contribution < -0.4 is 9.62 Å². The first-order valence-corrected chi connectivity index (χ1v) is 12.3. The summed E-state index contributed by atoms with van der Waals surface area (Å²) in [4.78, 5) is 18.9. The molecule has 0 saturated carbocycles. The summed E-state index contributed by atoms with van der Waals surface area (Å²) >= 11 is 7.27. The maximum absolute atomic E-state index is 13.1. The number of nitrogens with one attached hydrogen (secondary N) is 1. The van der Waals surface area contributed by atoms with E-state index < -0.39 is 10.0 Å². The first-order valence-electron chi connectivity index (χ1n) is 9.52. The fourth-order valence-electron chi connectivity index (χ4n) is 3.84. The van der Waals surface area contributed by atoms with Crippen LogP contribution in [0.4, 0.5) is 10.8 Å². The Morgan fingerprint density at radius 1 is 1.13 bits per heavy atom. The van der Waals surface area contributed by atoms with Crippen LogP contribution in [0.15, 0.2) is 71.2 Å². The number of carbonyl (C=O) groups is 1. The molecule has 1 saturated heterocycles. The number of nitrogens with zero attached hydrogens (tertiary/aromatic N) is 3. The first kappa shape index (κ1) is 20.0. The topological polar surface area (TPSA) is 84.3 Å². The third-order valence-corrected chi connectivity index (χ3v) is 7.72. The molecule has 4 aromatic rings. The summed E-state index contributed by atoms with van der Waals surface area (Å²) < 4.78 is 29.5. The number of rotatable bonds is 5. The smallest absolute Gasteiger partial charge is 0.263 e. The predicted octanol–water partition coefficient (Wildman–Crippen LogP) is 4.53. The van der Waals surface area contributed by atoms with Crippen LogP contribution in [-0.4, -0.2) is 30.4 Å². The molecule has 1 fully saturated rings. The van der Waals surface area contributed by atoms with Gasteiger partial charge in [0.2, 0.25) is 5.91 Å². The molecule has 1 atom stereocenters. The van der Waals surface area contributed by atoms with E-state index in [1.807, 2.05) is 35.0 Å². The van der Waals surface area contributed by atoms with Gasteiger partial charge in [0.05, 0.1) is 4.90 Å². The Morgan fingerprint density at radius 2 is 1.94 bits per heavy atom. The number of carbonyl (C=O) groups excluding carboxylic acids is 1. The van der Waals surface area contributed by atoms with Gasteiger partial charge in [-0.1, -0.05) is 11.6 Å². The van der Waals surface area contributed by atoms with Gasteiger partial charge in [0, 0.05) is 45.9 Å². The first-order chi connectivity index (χ1) is 14.9. The highest BCUT2D eigenvalue weighted by Crippen LogP contribution is 2.32. The Kier molecular flexibility index (Phi) is 4.96. The molecule has 3 heterocycles. The molecule has 1 N–H and O–H groups in total. The number of fused-ring (bicyclic) bond motifs is 1. The van der Waals surface area contributed by atoms with Crippen molar-refractivity contribution in [3.05, 3.63) is 71.3 Å². The summed E-state index contributed by atoms with van der Waals surface area (Å²) in [5, 5.41) is 3.64. The van der Waals surface area contributed by atoms with E-state index in [0.717, 1.165) is 10.9 Å². The Labute approximate surface area is 187 Å². The molecule has 1 aliphatic heterocycles. The molecule has 31 heavy (non-hydrogen) atoms. The minimum atomic E-state index is -3.73. The van der Waals surface area contributed by atoms with Crippen molar-refractivity contribution in [3.8, 4) is 0 Å². The van der Waals surface area contributed by atoms with Crippen molar-refractivity contribution < 1.29 is 13.2 Å². The van der Waals surface area contributed by atoms with Gasteiger partial charge in [-0.2, -0.15) is 0 Å². The van der Waals surface area contributed by atoms with Crippen LogP contribution in [0, 0.1) is 0 Å². The highest BCUT2D eigenvalue weighted by molar-refractivity contribution is 7.93. The summed E-state index contributed by atoms with van der Waals surface area (Å²) in [6, 6.07) is 13.6. The summed E-state index contributed by atoms with van der Waals surface area (Å²) in [6.07, 6.45) is 4.10. The Hall–Kier alpha value is -2.88. The predicted molar refractivity (Wildman–Crippen MR) is 122 cm³/mol. The van der Waals surface area contributed by atoms with Crippen LogP contribution in [0.2, 0.25) is 5.02 Å². The molecule has 0 unspecified atom stereocenters. The number of hydrogen-bond acceptors (Lipinski definition) is 5. The van der Waals surface area contributed by atoms with E-state index in [1.165, 1.54) is 29.7 Å². The summed E-state index contributed by atoms with van der Waals surface area (Å²) in [5.74, 6) is -0.0241. The third kappa shape index (κ3) is 3.69. The molecule has 5 rings (SSSR count). The van der Waals surface area contributed by atoms with Crippen molar-refractivity contribution in [3.63, 3.8) is 0 Å². The molecule has 0 aliphatic carbocycles. The van der Waals surface area contributed by atoms with E-state index in [4.69, 9.17) is 11.6 Å². The highest BCUT2D eigenvalue weighted by atomic mass is 35.5. The minimum Gasteiger partial charge on any atom is -0.335 e. The molecular formula is C21H17ClN4O3S2. The molecule has 2 aromatic carbocycles. The van der Waals surface area contributed by atoms with Crippen molar-refractivity contribution >= 4 is 60.6 Å². The molecule has 0 bridgehead atoms. The Balaban J connectivity index is 1.37. The zero-order chi connectivity index (χ0) is 21.6. The molecule has 158 valence electrons. The molecule has 2 aromatic heterocycles. The van der Waals surface area contributed by atoms with E-state index >= 15 is 0 Å². The SMILES string of the molecule is O=C1[C@@H](n2ccc3cc(Cl)ccc32)CCN1c1ccc(S(=O)(=O)Nc2nccs2)cc1. The van der Waals surface area contributed by atoms with Gasteiger partial charge in [0.15, 0.2) is 5.13 Å². The van der Waals surface area contributed by atoms with Crippen molar-refractivity contribution in [2.45, 2.75) is 17.4 Å². The molecular weight excluding hydrogens is 456 g/mol. The van der Waals surface area contributed by atoms with Gasteiger partial charge in [-0.05, 0) is 55.0 Å². The second-order valence-corrected chi connectivity index (χ2v) is 10.2. The van der Waals surface area contributed by atoms with Crippen LogP contribution in [0.25, 0.3) is 10.9 Å². The molecule has 0 spiro atoms. The van der Waals surface area contributed by atoms with Crippen molar-refractivity contribution in [1.29, 1.82) is 0 Å². The van der Waals surface area contributed by atoms with Gasteiger partial charge >= 0.3 is 0 Å². The fraction of sp³-hybridized carbons (Fsp3) is 0.143. The number of anilines is 2. The van der Waals surface area contributed by atoms with Crippen molar-refractivity contribution in [1.82, 2.24) is 9.55 Å². The van der Waals surface area contributed by atoms with Gasteiger partial charge < -0.3 is 9.47 Å². The highest BCUT2D eigenvalue weighted by Gasteiger charge is 2.34. The second kappa shape index (κ2) is 7.67. The van der Waals surface area contributed by atoms with E-state index in [1.54, 1.807) is 22.4 Å².